The molecule has 0 heterocycles. The molecule has 0 aromatic carbocycles. The van der Waals surface area contributed by atoms with E-state index in [2.05, 4.69) is 11.3 Å². The molecule has 0 rings (SSSR count). The van der Waals surface area contributed by atoms with E-state index >= 15 is 0 Å². The molecule has 0 fully saturated rings. The molecular formula is C13H22O8Ti. The summed E-state index contributed by atoms with van der Waals surface area (Å²) in [6, 6.07) is 0. The van der Waals surface area contributed by atoms with Crippen molar-refractivity contribution < 1.29 is 61.3 Å². The van der Waals surface area contributed by atoms with Crippen LogP contribution in [0.1, 0.15) is 20.3 Å². The average molecular weight is 354 g/mol. The maximum absolute atomic E-state index is 10.9. The molecule has 126 valence electrons. The third kappa shape index (κ3) is 21.2. The van der Waals surface area contributed by atoms with E-state index in [0.29, 0.717) is 0 Å². The first-order chi connectivity index (χ1) is 9.86. The molecule has 8 nitrogen and oxygen atoms in total. The zero-order valence-electron chi connectivity index (χ0n) is 13.5. The molecule has 0 aromatic heterocycles. The van der Waals surface area contributed by atoms with Gasteiger partial charge in [-0.1, -0.05) is 6.58 Å². The normalized spacial score (nSPS) is 8.73. The monoisotopic (exact) mass is 354 g/mol. The van der Waals surface area contributed by atoms with E-state index in [-0.39, 0.29) is 40.3 Å². The summed E-state index contributed by atoms with van der Waals surface area (Å²) in [4.78, 5) is 32.2. The Balaban J connectivity index is -0.000000122. The van der Waals surface area contributed by atoms with Crippen molar-refractivity contribution in [3.8, 4) is 0 Å². The number of esters is 1. The molecule has 0 saturated heterocycles. The molecule has 0 spiro atoms. The SMILES string of the molecule is C=C(C)C(=O)OCCC(C(C)=O)C(=O)[O-].C[O-].C[O-].C[O-].[Ti+4]. The predicted octanol–water partition coefficient (Wildman–Crippen LogP) is -3.62. The number of rotatable bonds is 6. The number of hydrogen-bond donors (Lipinski definition) is 0. The summed E-state index contributed by atoms with van der Waals surface area (Å²) in [5, 5.41) is 35.2. The zero-order chi connectivity index (χ0) is 18.0. The van der Waals surface area contributed by atoms with Gasteiger partial charge in [0.25, 0.3) is 0 Å². The maximum Gasteiger partial charge on any atom is 4.00 e. The molecule has 22 heavy (non-hydrogen) atoms. The fraction of sp³-hybridized carbons (Fsp3) is 0.615. The average Bonchev–Trinajstić information content (AvgIpc) is 2.48. The molecular weight excluding hydrogens is 332 g/mol. The van der Waals surface area contributed by atoms with Gasteiger partial charge in [-0.2, -0.15) is 21.3 Å². The summed E-state index contributed by atoms with van der Waals surface area (Å²) >= 11 is 0. The van der Waals surface area contributed by atoms with Crippen LogP contribution in [-0.4, -0.2) is 45.7 Å². The second-order valence-electron chi connectivity index (χ2n) is 3.19. The van der Waals surface area contributed by atoms with Crippen LogP contribution in [0.5, 0.6) is 0 Å². The third-order valence-electron chi connectivity index (χ3n) is 1.76. The minimum Gasteiger partial charge on any atom is -0.857 e. The smallest absolute Gasteiger partial charge is 0.857 e. The van der Waals surface area contributed by atoms with E-state index < -0.39 is 23.6 Å². The van der Waals surface area contributed by atoms with Gasteiger partial charge in [-0.25, -0.2) is 4.79 Å². The minimum atomic E-state index is -1.45. The number of ether oxygens (including phenoxy) is 1. The third-order valence-corrected chi connectivity index (χ3v) is 1.76. The van der Waals surface area contributed by atoms with Crippen LogP contribution in [0.3, 0.4) is 0 Å². The van der Waals surface area contributed by atoms with Gasteiger partial charge in [0, 0.05) is 5.57 Å². The Bertz CT molecular complexity index is 290. The van der Waals surface area contributed by atoms with Crippen LogP contribution in [0.15, 0.2) is 12.2 Å². The molecule has 1 unspecified atom stereocenters. The topological polar surface area (TPSA) is 153 Å². The van der Waals surface area contributed by atoms with Crippen LogP contribution in [0.25, 0.3) is 0 Å². The van der Waals surface area contributed by atoms with Gasteiger partial charge in [-0.15, -0.1) is 0 Å². The maximum atomic E-state index is 10.9. The summed E-state index contributed by atoms with van der Waals surface area (Å²) in [7, 11) is 2.25. The van der Waals surface area contributed by atoms with Crippen LogP contribution in [0, 0.1) is 5.92 Å². The predicted molar refractivity (Wildman–Crippen MR) is 67.3 cm³/mol. The van der Waals surface area contributed by atoms with E-state index in [0.717, 1.165) is 28.3 Å². The van der Waals surface area contributed by atoms with Crippen LogP contribution < -0.4 is 20.4 Å². The van der Waals surface area contributed by atoms with E-state index in [1.54, 1.807) is 0 Å². The number of aliphatic carboxylic acids is 1. The Kier molecular flexibility index (Phi) is 37.1. The van der Waals surface area contributed by atoms with Crippen molar-refractivity contribution in [2.24, 2.45) is 5.92 Å². The minimum absolute atomic E-state index is 0. The van der Waals surface area contributed by atoms with Gasteiger partial charge in [-0.3, -0.25) is 4.79 Å². The molecule has 0 radical (unpaired) electrons. The standard InChI is InChI=1S/C10H14O5.3CH3O.Ti/c1-6(2)10(14)15-5-4-8(7(3)11)9(12)13;3*1-2;/h8H,1,4-5H2,2-3H3,(H,12,13);3*1H3;/q;3*-1;+4/p-1. The van der Waals surface area contributed by atoms with E-state index in [4.69, 9.17) is 15.3 Å². The van der Waals surface area contributed by atoms with Gasteiger partial charge >= 0.3 is 27.7 Å². The van der Waals surface area contributed by atoms with E-state index in [1.807, 2.05) is 0 Å². The van der Waals surface area contributed by atoms with Gasteiger partial charge in [0.05, 0.1) is 18.5 Å². The van der Waals surface area contributed by atoms with Crippen molar-refractivity contribution in [3.05, 3.63) is 12.2 Å². The van der Waals surface area contributed by atoms with E-state index in [9.17, 15) is 19.5 Å². The molecule has 9 heteroatoms. The largest absolute Gasteiger partial charge is 4.00 e. The molecule has 0 amide bonds. The fourth-order valence-corrected chi connectivity index (χ4v) is 0.880. The zero-order valence-corrected chi connectivity index (χ0v) is 15.0. The van der Waals surface area contributed by atoms with Gasteiger partial charge in [0.1, 0.15) is 5.78 Å². The summed E-state index contributed by atoms with van der Waals surface area (Å²) < 4.78 is 4.65. The Labute approximate surface area is 145 Å². The fourth-order valence-electron chi connectivity index (χ4n) is 0.880. The quantitative estimate of drug-likeness (QED) is 0.205. The number of carboxylic acid groups (broad SMARTS) is 1. The Morgan fingerprint density at radius 1 is 1.00 bits per heavy atom. The van der Waals surface area contributed by atoms with Gasteiger partial charge in [0.2, 0.25) is 0 Å². The molecule has 0 aliphatic rings. The van der Waals surface area contributed by atoms with Crippen molar-refractivity contribution in [2.45, 2.75) is 20.3 Å². The first-order valence-electron chi connectivity index (χ1n) is 5.62. The van der Waals surface area contributed by atoms with Crippen LogP contribution in [0.4, 0.5) is 0 Å². The van der Waals surface area contributed by atoms with Gasteiger partial charge in [0.15, 0.2) is 0 Å². The molecule has 0 aliphatic carbocycles. The van der Waals surface area contributed by atoms with E-state index in [1.165, 1.54) is 6.92 Å². The molecule has 0 bridgehead atoms. The number of Topliss-reactive ketones (excluding diaryl/α,β-unsaturated/α-hetero) is 1. The van der Waals surface area contributed by atoms with Crippen molar-refractivity contribution in [3.63, 3.8) is 0 Å². The van der Waals surface area contributed by atoms with Crippen molar-refractivity contribution >= 4 is 17.7 Å². The number of carbonyl (C=O) groups excluding carboxylic acids is 3. The summed E-state index contributed by atoms with van der Waals surface area (Å²) in [5.74, 6) is -3.78. The first kappa shape index (κ1) is 32.8. The number of carbonyl (C=O) groups is 3. The van der Waals surface area contributed by atoms with Crippen molar-refractivity contribution in [1.82, 2.24) is 0 Å². The summed E-state index contributed by atoms with van der Waals surface area (Å²) in [6.07, 6.45) is -0.0727. The molecule has 0 aromatic rings. The number of ketones is 1. The summed E-state index contributed by atoms with van der Waals surface area (Å²) in [6.45, 7) is 5.85. The van der Waals surface area contributed by atoms with Crippen LogP contribution in [0.2, 0.25) is 0 Å². The van der Waals surface area contributed by atoms with Gasteiger partial charge in [-0.05, 0) is 20.3 Å². The van der Waals surface area contributed by atoms with Crippen molar-refractivity contribution in [1.29, 1.82) is 0 Å². The van der Waals surface area contributed by atoms with Crippen molar-refractivity contribution in [2.75, 3.05) is 27.9 Å². The molecule has 1 atom stereocenters. The Hall–Kier alpha value is -1.06. The number of carboxylic acids is 1. The molecule has 0 saturated carbocycles. The van der Waals surface area contributed by atoms with Crippen LogP contribution >= 0.6 is 0 Å². The Morgan fingerprint density at radius 3 is 1.59 bits per heavy atom. The Morgan fingerprint density at radius 2 is 1.36 bits per heavy atom. The van der Waals surface area contributed by atoms with Gasteiger partial charge < -0.3 is 30.0 Å². The number of hydrogen-bond acceptors (Lipinski definition) is 8. The molecule has 0 aliphatic heterocycles. The molecule has 0 N–H and O–H groups in total. The second kappa shape index (κ2) is 24.9. The summed E-state index contributed by atoms with van der Waals surface area (Å²) in [5.41, 5.74) is 0.225. The first-order valence-corrected chi connectivity index (χ1v) is 5.62. The second-order valence-corrected chi connectivity index (χ2v) is 3.19. The van der Waals surface area contributed by atoms with Crippen LogP contribution in [-0.2, 0) is 40.8 Å².